The van der Waals surface area contributed by atoms with E-state index in [4.69, 9.17) is 5.73 Å². The van der Waals surface area contributed by atoms with E-state index in [9.17, 15) is 9.59 Å². The number of carbonyl (C=O) groups is 2. The molecule has 0 spiro atoms. The summed E-state index contributed by atoms with van der Waals surface area (Å²) in [5, 5.41) is 3.84. The van der Waals surface area contributed by atoms with E-state index in [1.165, 1.54) is 6.08 Å². The van der Waals surface area contributed by atoms with E-state index in [1.54, 1.807) is 24.5 Å². The fourth-order valence-electron chi connectivity index (χ4n) is 3.68. The number of piperidine rings is 1. The third-order valence-corrected chi connectivity index (χ3v) is 5.24. The highest BCUT2D eigenvalue weighted by molar-refractivity contribution is 6.03. The third kappa shape index (κ3) is 4.46. The summed E-state index contributed by atoms with van der Waals surface area (Å²) in [6, 6.07) is 13.4. The summed E-state index contributed by atoms with van der Waals surface area (Å²) in [4.78, 5) is 34.7. The first-order chi connectivity index (χ1) is 14.6. The highest BCUT2D eigenvalue weighted by Gasteiger charge is 2.24. The van der Waals surface area contributed by atoms with Crippen molar-refractivity contribution in [1.29, 1.82) is 0 Å². The van der Waals surface area contributed by atoms with Gasteiger partial charge in [0.05, 0.1) is 23.3 Å². The smallest absolute Gasteiger partial charge is 0.248 e. The van der Waals surface area contributed by atoms with Crippen LogP contribution in [0.1, 0.15) is 18.4 Å². The first kappa shape index (κ1) is 19.6. The number of aromatic nitrogens is 2. The summed E-state index contributed by atoms with van der Waals surface area (Å²) >= 11 is 0. The maximum absolute atomic E-state index is 12.3. The van der Waals surface area contributed by atoms with E-state index in [0.717, 1.165) is 41.7 Å². The molecule has 7 nitrogen and oxygen atoms in total. The van der Waals surface area contributed by atoms with Gasteiger partial charge in [-0.2, -0.15) is 0 Å². The molecule has 1 aliphatic heterocycles. The van der Waals surface area contributed by atoms with Gasteiger partial charge in [-0.25, -0.2) is 4.98 Å². The minimum Gasteiger partial charge on any atom is -0.369 e. The zero-order valence-corrected chi connectivity index (χ0v) is 16.5. The van der Waals surface area contributed by atoms with Gasteiger partial charge in [0.15, 0.2) is 0 Å². The third-order valence-electron chi connectivity index (χ3n) is 5.24. The van der Waals surface area contributed by atoms with Gasteiger partial charge in [-0.1, -0.05) is 24.3 Å². The molecule has 152 valence electrons. The number of primary amides is 1. The topological polar surface area (TPSA) is 101 Å². The lowest BCUT2D eigenvalue weighted by Crippen LogP contribution is -2.41. The van der Waals surface area contributed by atoms with Crippen LogP contribution in [0.25, 0.3) is 17.0 Å². The van der Waals surface area contributed by atoms with Crippen molar-refractivity contribution in [3.05, 3.63) is 66.5 Å². The number of nitrogens with zero attached hydrogens (tertiary/aromatic N) is 3. The average molecular weight is 401 g/mol. The minimum absolute atomic E-state index is 0.145. The summed E-state index contributed by atoms with van der Waals surface area (Å²) in [7, 11) is 0. The zero-order valence-electron chi connectivity index (χ0n) is 16.5. The fraction of sp³-hybridized carbons (Fsp3) is 0.217. The zero-order chi connectivity index (χ0) is 20.9. The molecule has 0 saturated carbocycles. The molecule has 2 aromatic heterocycles. The molecule has 1 aliphatic rings. The number of hydrogen-bond donors (Lipinski definition) is 2. The number of anilines is 2. The monoisotopic (exact) mass is 401 g/mol. The van der Waals surface area contributed by atoms with Crippen molar-refractivity contribution in [2.24, 2.45) is 11.7 Å². The molecule has 7 heteroatoms. The number of fused-ring (bicyclic) bond motifs is 1. The van der Waals surface area contributed by atoms with Crippen LogP contribution in [0.3, 0.4) is 0 Å². The molecule has 0 aliphatic carbocycles. The Bertz CT molecular complexity index is 1090. The van der Waals surface area contributed by atoms with Crippen LogP contribution in [-0.4, -0.2) is 34.9 Å². The summed E-state index contributed by atoms with van der Waals surface area (Å²) in [6.07, 6.45) is 8.32. The standard InChI is InChI=1S/C23H23N5O2/c24-23(30)18-7-3-13-28(15-18)20-10-9-19(14-26-20)27-21(29)11-8-17-5-1-4-16-6-2-12-25-22(16)17/h1-2,4-6,8-12,14,18H,3,7,13,15H2,(H2,24,30)(H,27,29)/b11-8+. The second-order valence-corrected chi connectivity index (χ2v) is 7.34. The Morgan fingerprint density at radius 3 is 2.80 bits per heavy atom. The summed E-state index contributed by atoms with van der Waals surface area (Å²) in [6.45, 7) is 1.42. The Morgan fingerprint density at radius 1 is 1.13 bits per heavy atom. The van der Waals surface area contributed by atoms with Gasteiger partial charge in [-0.15, -0.1) is 0 Å². The first-order valence-corrected chi connectivity index (χ1v) is 9.93. The predicted molar refractivity (Wildman–Crippen MR) is 118 cm³/mol. The van der Waals surface area contributed by atoms with Crippen molar-refractivity contribution < 1.29 is 9.59 Å². The van der Waals surface area contributed by atoms with E-state index >= 15 is 0 Å². The van der Waals surface area contributed by atoms with Crippen LogP contribution in [0.5, 0.6) is 0 Å². The van der Waals surface area contributed by atoms with Gasteiger partial charge in [0.2, 0.25) is 11.8 Å². The van der Waals surface area contributed by atoms with Crippen LogP contribution >= 0.6 is 0 Å². The van der Waals surface area contributed by atoms with Gasteiger partial charge < -0.3 is 16.0 Å². The summed E-state index contributed by atoms with van der Waals surface area (Å²) in [5.74, 6) is 0.117. The number of pyridine rings is 2. The van der Waals surface area contributed by atoms with Crippen LogP contribution in [0, 0.1) is 5.92 Å². The summed E-state index contributed by atoms with van der Waals surface area (Å²) in [5.41, 5.74) is 7.78. The molecule has 0 radical (unpaired) electrons. The predicted octanol–water partition coefficient (Wildman–Crippen LogP) is 2.98. The SMILES string of the molecule is NC(=O)C1CCCN(c2ccc(NC(=O)/C=C/c3cccc4cccnc34)cn2)C1. The maximum Gasteiger partial charge on any atom is 0.248 e. The van der Waals surface area contributed by atoms with Gasteiger partial charge in [0.25, 0.3) is 0 Å². The molecule has 2 amide bonds. The average Bonchev–Trinajstić information content (AvgIpc) is 2.78. The molecule has 1 fully saturated rings. The molecular formula is C23H23N5O2. The second kappa shape index (κ2) is 8.73. The van der Waals surface area contributed by atoms with Crippen LogP contribution in [-0.2, 0) is 9.59 Å². The number of rotatable bonds is 5. The van der Waals surface area contributed by atoms with Crippen molar-refractivity contribution in [2.45, 2.75) is 12.8 Å². The molecule has 30 heavy (non-hydrogen) atoms. The highest BCUT2D eigenvalue weighted by Crippen LogP contribution is 2.22. The van der Waals surface area contributed by atoms with E-state index in [1.807, 2.05) is 36.4 Å². The molecule has 1 atom stereocenters. The van der Waals surface area contributed by atoms with Crippen molar-refractivity contribution >= 4 is 40.3 Å². The van der Waals surface area contributed by atoms with Crippen LogP contribution < -0.4 is 16.0 Å². The molecule has 1 saturated heterocycles. The van der Waals surface area contributed by atoms with Gasteiger partial charge in [0, 0.05) is 36.3 Å². The Morgan fingerprint density at radius 2 is 2.00 bits per heavy atom. The lowest BCUT2D eigenvalue weighted by molar-refractivity contribution is -0.122. The first-order valence-electron chi connectivity index (χ1n) is 9.93. The number of nitrogens with two attached hydrogens (primary N) is 1. The van der Waals surface area contributed by atoms with Crippen molar-refractivity contribution in [3.63, 3.8) is 0 Å². The van der Waals surface area contributed by atoms with Gasteiger partial charge in [0.1, 0.15) is 5.82 Å². The Balaban J connectivity index is 1.40. The quantitative estimate of drug-likeness (QED) is 0.640. The number of benzene rings is 1. The van der Waals surface area contributed by atoms with Gasteiger partial charge >= 0.3 is 0 Å². The minimum atomic E-state index is -0.267. The number of amides is 2. The van der Waals surface area contributed by atoms with Crippen molar-refractivity contribution in [3.8, 4) is 0 Å². The Kier molecular flexibility index (Phi) is 5.70. The van der Waals surface area contributed by atoms with Gasteiger partial charge in [-0.05, 0) is 37.1 Å². The Hall–Kier alpha value is -3.74. The number of hydrogen-bond acceptors (Lipinski definition) is 5. The number of nitrogens with one attached hydrogen (secondary N) is 1. The number of carbonyl (C=O) groups excluding carboxylic acids is 2. The largest absolute Gasteiger partial charge is 0.369 e. The van der Waals surface area contributed by atoms with E-state index in [-0.39, 0.29) is 17.7 Å². The van der Waals surface area contributed by atoms with E-state index in [0.29, 0.717) is 12.2 Å². The highest BCUT2D eigenvalue weighted by atomic mass is 16.1. The fourth-order valence-corrected chi connectivity index (χ4v) is 3.68. The molecule has 3 aromatic rings. The van der Waals surface area contributed by atoms with E-state index < -0.39 is 0 Å². The molecule has 1 aromatic carbocycles. The Labute approximate surface area is 174 Å². The van der Waals surface area contributed by atoms with E-state index in [2.05, 4.69) is 20.2 Å². The van der Waals surface area contributed by atoms with Crippen LogP contribution in [0.15, 0.2) is 60.9 Å². The van der Waals surface area contributed by atoms with Crippen molar-refractivity contribution in [2.75, 3.05) is 23.3 Å². The number of para-hydroxylation sites is 1. The molecule has 3 N–H and O–H groups in total. The maximum atomic E-state index is 12.3. The normalized spacial score (nSPS) is 16.7. The second-order valence-electron chi connectivity index (χ2n) is 7.34. The lowest BCUT2D eigenvalue weighted by Gasteiger charge is -2.32. The van der Waals surface area contributed by atoms with Crippen LogP contribution in [0.4, 0.5) is 11.5 Å². The van der Waals surface area contributed by atoms with Crippen molar-refractivity contribution in [1.82, 2.24) is 9.97 Å². The lowest BCUT2D eigenvalue weighted by atomic mass is 9.97. The van der Waals surface area contributed by atoms with Gasteiger partial charge in [-0.3, -0.25) is 14.6 Å². The molecule has 4 rings (SSSR count). The van der Waals surface area contributed by atoms with Crippen LogP contribution in [0.2, 0.25) is 0 Å². The molecule has 3 heterocycles. The summed E-state index contributed by atoms with van der Waals surface area (Å²) < 4.78 is 0. The molecular weight excluding hydrogens is 378 g/mol. The molecule has 1 unspecified atom stereocenters. The molecule has 0 bridgehead atoms.